The van der Waals surface area contributed by atoms with Crippen molar-refractivity contribution in [3.05, 3.63) is 0 Å². The van der Waals surface area contributed by atoms with Crippen LogP contribution in [0.2, 0.25) is 0 Å². The van der Waals surface area contributed by atoms with E-state index in [0.29, 0.717) is 25.7 Å². The van der Waals surface area contributed by atoms with Crippen LogP contribution in [0.4, 0.5) is 13.2 Å². The summed E-state index contributed by atoms with van der Waals surface area (Å²) < 4.78 is 40.8. The Hall–Kier alpha value is -0.210. The lowest BCUT2D eigenvalue weighted by atomic mass is 9.55. The first kappa shape index (κ1) is 16.8. The number of alkyl halides is 3. The van der Waals surface area contributed by atoms with E-state index in [2.05, 4.69) is 0 Å². The predicted molar refractivity (Wildman–Crippen MR) is 66.9 cm³/mol. The Labute approximate surface area is 104 Å². The molecular formula is C14H27F3. The molecule has 3 heteroatoms. The summed E-state index contributed by atoms with van der Waals surface area (Å²) in [6.07, 6.45) is -1.83. The highest BCUT2D eigenvalue weighted by Gasteiger charge is 2.62. The summed E-state index contributed by atoms with van der Waals surface area (Å²) >= 11 is 0. The molecule has 0 aliphatic rings. The second-order valence-corrected chi connectivity index (χ2v) is 5.48. The molecule has 0 saturated carbocycles. The number of hydrogen-bond donors (Lipinski definition) is 0. The molecular weight excluding hydrogens is 225 g/mol. The maximum absolute atomic E-state index is 13.6. The van der Waals surface area contributed by atoms with E-state index in [1.54, 1.807) is 6.92 Å². The van der Waals surface area contributed by atoms with Crippen LogP contribution in [0.25, 0.3) is 0 Å². The van der Waals surface area contributed by atoms with Gasteiger partial charge in [-0.2, -0.15) is 13.2 Å². The fourth-order valence-corrected chi connectivity index (χ4v) is 3.16. The van der Waals surface area contributed by atoms with Gasteiger partial charge in [0.25, 0.3) is 0 Å². The van der Waals surface area contributed by atoms with Crippen LogP contribution >= 0.6 is 0 Å². The Morgan fingerprint density at radius 1 is 0.824 bits per heavy atom. The van der Waals surface area contributed by atoms with Crippen molar-refractivity contribution < 1.29 is 13.2 Å². The van der Waals surface area contributed by atoms with Crippen molar-refractivity contribution in [1.82, 2.24) is 0 Å². The molecule has 0 spiro atoms. The van der Waals surface area contributed by atoms with Gasteiger partial charge in [-0.3, -0.25) is 0 Å². The summed E-state index contributed by atoms with van der Waals surface area (Å²) in [5, 5.41) is 0. The average molecular weight is 252 g/mol. The van der Waals surface area contributed by atoms with Gasteiger partial charge in [-0.1, -0.05) is 54.4 Å². The summed E-state index contributed by atoms with van der Waals surface area (Å²) in [5.74, 6) is -0.299. The highest BCUT2D eigenvalue weighted by Crippen LogP contribution is 2.59. The molecule has 0 radical (unpaired) electrons. The molecule has 0 aliphatic carbocycles. The summed E-state index contributed by atoms with van der Waals surface area (Å²) in [6.45, 7) is 10.7. The van der Waals surface area contributed by atoms with E-state index in [0.717, 1.165) is 0 Å². The van der Waals surface area contributed by atoms with Crippen LogP contribution in [0.1, 0.15) is 67.2 Å². The van der Waals surface area contributed by atoms with Gasteiger partial charge in [-0.05, 0) is 24.2 Å². The summed E-state index contributed by atoms with van der Waals surface area (Å²) in [6, 6.07) is 0. The first-order valence-corrected chi connectivity index (χ1v) is 6.71. The molecule has 0 aromatic rings. The van der Waals surface area contributed by atoms with E-state index in [-0.39, 0.29) is 5.92 Å². The Morgan fingerprint density at radius 3 is 1.35 bits per heavy atom. The van der Waals surface area contributed by atoms with Gasteiger partial charge in [0.2, 0.25) is 0 Å². The maximum atomic E-state index is 13.6. The third kappa shape index (κ3) is 2.63. The monoisotopic (exact) mass is 252 g/mol. The molecule has 0 aromatic carbocycles. The van der Waals surface area contributed by atoms with E-state index in [1.165, 1.54) is 6.92 Å². The van der Waals surface area contributed by atoms with Gasteiger partial charge in [-0.15, -0.1) is 0 Å². The van der Waals surface area contributed by atoms with Gasteiger partial charge in [0, 0.05) is 0 Å². The van der Waals surface area contributed by atoms with Crippen LogP contribution in [0.15, 0.2) is 0 Å². The zero-order chi connectivity index (χ0) is 13.9. The quantitative estimate of drug-likeness (QED) is 0.559. The Bertz CT molecular complexity index is 224. The largest absolute Gasteiger partial charge is 0.395 e. The molecule has 1 unspecified atom stereocenters. The molecule has 0 saturated heterocycles. The van der Waals surface area contributed by atoms with Gasteiger partial charge in [0.15, 0.2) is 0 Å². The van der Waals surface area contributed by atoms with Crippen LogP contribution in [0.5, 0.6) is 0 Å². The van der Waals surface area contributed by atoms with Crippen LogP contribution in [-0.4, -0.2) is 6.18 Å². The standard InChI is InChI=1S/C14H27F3/c1-7-11(8-2)13(6,14(15,16)17)12(5,9-3)10-4/h11H,7-10H2,1-6H3. The van der Waals surface area contributed by atoms with Crippen molar-refractivity contribution in [3.63, 3.8) is 0 Å². The van der Waals surface area contributed by atoms with E-state index in [9.17, 15) is 13.2 Å². The summed E-state index contributed by atoms with van der Waals surface area (Å²) in [7, 11) is 0. The molecule has 0 heterocycles. The summed E-state index contributed by atoms with van der Waals surface area (Å²) in [5.41, 5.74) is -2.27. The van der Waals surface area contributed by atoms with Crippen LogP contribution in [-0.2, 0) is 0 Å². The van der Waals surface area contributed by atoms with Gasteiger partial charge in [0.05, 0.1) is 5.41 Å². The smallest absolute Gasteiger partial charge is 0.170 e. The normalized spacial score (nSPS) is 17.3. The Kier molecular flexibility index (Phi) is 5.55. The molecule has 0 fully saturated rings. The number of hydrogen-bond acceptors (Lipinski definition) is 0. The van der Waals surface area contributed by atoms with E-state index < -0.39 is 17.0 Å². The lowest BCUT2D eigenvalue weighted by molar-refractivity contribution is -0.279. The number of rotatable bonds is 6. The third-order valence-electron chi connectivity index (χ3n) is 5.21. The molecule has 0 nitrogen and oxygen atoms in total. The average Bonchev–Trinajstić information content (AvgIpc) is 2.27. The SMILES string of the molecule is CCC(CC)C(C)(C(F)(F)F)C(C)(CC)CC. The zero-order valence-electron chi connectivity index (χ0n) is 12.0. The van der Waals surface area contributed by atoms with Crippen molar-refractivity contribution in [2.75, 3.05) is 0 Å². The van der Waals surface area contributed by atoms with Gasteiger partial charge < -0.3 is 0 Å². The van der Waals surface area contributed by atoms with Crippen molar-refractivity contribution in [2.45, 2.75) is 73.4 Å². The zero-order valence-corrected chi connectivity index (χ0v) is 12.0. The van der Waals surface area contributed by atoms with Gasteiger partial charge in [-0.25, -0.2) is 0 Å². The van der Waals surface area contributed by atoms with Crippen molar-refractivity contribution >= 4 is 0 Å². The van der Waals surface area contributed by atoms with E-state index >= 15 is 0 Å². The molecule has 0 rings (SSSR count). The van der Waals surface area contributed by atoms with Crippen LogP contribution < -0.4 is 0 Å². The fourth-order valence-electron chi connectivity index (χ4n) is 3.16. The van der Waals surface area contributed by atoms with Crippen LogP contribution in [0, 0.1) is 16.7 Å². The number of halogens is 3. The molecule has 104 valence electrons. The molecule has 0 aromatic heterocycles. The van der Waals surface area contributed by atoms with Gasteiger partial charge >= 0.3 is 6.18 Å². The van der Waals surface area contributed by atoms with Crippen molar-refractivity contribution in [2.24, 2.45) is 16.7 Å². The third-order valence-corrected chi connectivity index (χ3v) is 5.21. The molecule has 0 amide bonds. The van der Waals surface area contributed by atoms with Crippen LogP contribution in [0.3, 0.4) is 0 Å². The molecule has 0 aliphatic heterocycles. The Morgan fingerprint density at radius 2 is 1.18 bits per heavy atom. The molecule has 0 N–H and O–H groups in total. The fraction of sp³-hybridized carbons (Fsp3) is 1.00. The summed E-state index contributed by atoms with van der Waals surface area (Å²) in [4.78, 5) is 0. The first-order valence-electron chi connectivity index (χ1n) is 6.71. The highest BCUT2D eigenvalue weighted by atomic mass is 19.4. The maximum Gasteiger partial charge on any atom is 0.395 e. The minimum atomic E-state index is -4.13. The van der Waals surface area contributed by atoms with E-state index in [4.69, 9.17) is 0 Å². The lowest BCUT2D eigenvalue weighted by Crippen LogP contribution is -2.52. The van der Waals surface area contributed by atoms with E-state index in [1.807, 2.05) is 27.7 Å². The second-order valence-electron chi connectivity index (χ2n) is 5.48. The first-order chi connectivity index (χ1) is 7.64. The van der Waals surface area contributed by atoms with Gasteiger partial charge in [0.1, 0.15) is 0 Å². The predicted octanol–water partition coefficient (Wildman–Crippen LogP) is 5.82. The second kappa shape index (κ2) is 5.62. The highest BCUT2D eigenvalue weighted by molar-refractivity contribution is 4.99. The molecule has 0 bridgehead atoms. The minimum absolute atomic E-state index is 0.299. The Balaban J connectivity index is 5.70. The lowest BCUT2D eigenvalue weighted by Gasteiger charge is -2.51. The van der Waals surface area contributed by atoms with Crippen molar-refractivity contribution in [1.29, 1.82) is 0 Å². The minimum Gasteiger partial charge on any atom is -0.170 e. The molecule has 17 heavy (non-hydrogen) atoms. The molecule has 1 atom stereocenters. The van der Waals surface area contributed by atoms with Crippen molar-refractivity contribution in [3.8, 4) is 0 Å². The topological polar surface area (TPSA) is 0 Å².